The van der Waals surface area contributed by atoms with Crippen LogP contribution >= 0.6 is 0 Å². The first-order valence-electron chi connectivity index (χ1n) is 7.70. The second-order valence-corrected chi connectivity index (χ2v) is 5.97. The average Bonchev–Trinajstić information content (AvgIpc) is 2.48. The molecule has 1 aliphatic rings. The molecule has 0 radical (unpaired) electrons. The standard InChI is InChI=1S/C18H22N2O/c1-13-6-5-7-14(2)20(13)19-12-17-16-9-4-3-8-15(16)10-11-18(17)21/h3-4,8-14,21H,5-7H2,1-2H3. The predicted molar refractivity (Wildman–Crippen MR) is 87.8 cm³/mol. The van der Waals surface area contributed by atoms with E-state index in [9.17, 15) is 5.11 Å². The van der Waals surface area contributed by atoms with Crippen molar-refractivity contribution < 1.29 is 5.11 Å². The molecule has 0 saturated carbocycles. The minimum absolute atomic E-state index is 0.287. The van der Waals surface area contributed by atoms with Crippen molar-refractivity contribution in [1.82, 2.24) is 5.01 Å². The summed E-state index contributed by atoms with van der Waals surface area (Å²) in [5, 5.41) is 19.2. The lowest BCUT2D eigenvalue weighted by atomic mass is 10.00. The highest BCUT2D eigenvalue weighted by molar-refractivity contribution is 6.02. The Morgan fingerprint density at radius 2 is 1.81 bits per heavy atom. The lowest BCUT2D eigenvalue weighted by Crippen LogP contribution is -2.39. The summed E-state index contributed by atoms with van der Waals surface area (Å²) in [7, 11) is 0. The molecule has 0 bridgehead atoms. The number of phenolic OH excluding ortho intramolecular Hbond substituents is 1. The highest BCUT2D eigenvalue weighted by Gasteiger charge is 2.22. The molecule has 0 spiro atoms. The number of hydrogen-bond acceptors (Lipinski definition) is 3. The highest BCUT2D eigenvalue weighted by atomic mass is 16.3. The van der Waals surface area contributed by atoms with Gasteiger partial charge in [0.1, 0.15) is 5.75 Å². The summed E-state index contributed by atoms with van der Waals surface area (Å²) < 4.78 is 0. The van der Waals surface area contributed by atoms with E-state index < -0.39 is 0 Å². The molecule has 1 N–H and O–H groups in total. The second kappa shape index (κ2) is 5.76. The third-order valence-corrected chi connectivity index (χ3v) is 4.41. The van der Waals surface area contributed by atoms with Crippen LogP contribution < -0.4 is 0 Å². The molecule has 2 aromatic carbocycles. The van der Waals surface area contributed by atoms with Crippen molar-refractivity contribution in [1.29, 1.82) is 0 Å². The van der Waals surface area contributed by atoms with Gasteiger partial charge in [-0.3, -0.25) is 5.01 Å². The molecular weight excluding hydrogens is 260 g/mol. The smallest absolute Gasteiger partial charge is 0.125 e. The van der Waals surface area contributed by atoms with Gasteiger partial charge in [-0.15, -0.1) is 0 Å². The Labute approximate surface area is 125 Å². The van der Waals surface area contributed by atoms with Gasteiger partial charge in [-0.2, -0.15) is 5.10 Å². The minimum Gasteiger partial charge on any atom is -0.507 e. The zero-order valence-corrected chi connectivity index (χ0v) is 12.7. The van der Waals surface area contributed by atoms with Crippen LogP contribution in [0.1, 0.15) is 38.7 Å². The third-order valence-electron chi connectivity index (χ3n) is 4.41. The number of fused-ring (bicyclic) bond motifs is 1. The molecule has 0 aliphatic carbocycles. The largest absolute Gasteiger partial charge is 0.507 e. The number of rotatable bonds is 2. The lowest BCUT2D eigenvalue weighted by Gasteiger charge is -2.36. The van der Waals surface area contributed by atoms with Crippen LogP contribution in [-0.4, -0.2) is 28.4 Å². The minimum atomic E-state index is 0.287. The maximum absolute atomic E-state index is 10.2. The fourth-order valence-corrected chi connectivity index (χ4v) is 3.18. The molecule has 110 valence electrons. The molecule has 3 rings (SSSR count). The number of aromatic hydroxyl groups is 1. The summed E-state index contributed by atoms with van der Waals surface area (Å²) in [6, 6.07) is 12.7. The molecular formula is C18H22N2O. The summed E-state index contributed by atoms with van der Waals surface area (Å²) in [5.74, 6) is 0.287. The van der Waals surface area contributed by atoms with Crippen LogP contribution in [0.25, 0.3) is 10.8 Å². The van der Waals surface area contributed by atoms with Crippen molar-refractivity contribution in [2.45, 2.75) is 45.2 Å². The Morgan fingerprint density at radius 3 is 2.57 bits per heavy atom. The number of nitrogens with zero attached hydrogens (tertiary/aromatic N) is 2. The van der Waals surface area contributed by atoms with Crippen molar-refractivity contribution in [3.8, 4) is 5.75 Å². The van der Waals surface area contributed by atoms with E-state index in [0.29, 0.717) is 12.1 Å². The molecule has 3 nitrogen and oxygen atoms in total. The zero-order chi connectivity index (χ0) is 14.8. The normalized spacial score (nSPS) is 23.0. The van der Waals surface area contributed by atoms with Crippen LogP contribution in [0.15, 0.2) is 41.5 Å². The second-order valence-electron chi connectivity index (χ2n) is 5.97. The fraction of sp³-hybridized carbons (Fsp3) is 0.389. The summed E-state index contributed by atoms with van der Waals surface area (Å²) in [6.45, 7) is 4.44. The monoisotopic (exact) mass is 282 g/mol. The summed E-state index contributed by atoms with van der Waals surface area (Å²) in [4.78, 5) is 0. The van der Waals surface area contributed by atoms with Gasteiger partial charge in [-0.25, -0.2) is 0 Å². The summed E-state index contributed by atoms with van der Waals surface area (Å²) >= 11 is 0. The first-order chi connectivity index (χ1) is 10.2. The first-order valence-corrected chi connectivity index (χ1v) is 7.70. The fourth-order valence-electron chi connectivity index (χ4n) is 3.18. The molecule has 2 unspecified atom stereocenters. The Kier molecular flexibility index (Phi) is 3.82. The van der Waals surface area contributed by atoms with Crippen LogP contribution in [0.5, 0.6) is 5.75 Å². The van der Waals surface area contributed by atoms with E-state index in [2.05, 4.69) is 30.0 Å². The van der Waals surface area contributed by atoms with Crippen molar-refractivity contribution in [2.75, 3.05) is 0 Å². The van der Waals surface area contributed by atoms with Gasteiger partial charge in [-0.1, -0.05) is 30.3 Å². The third kappa shape index (κ3) is 2.73. The van der Waals surface area contributed by atoms with Crippen LogP contribution in [0.3, 0.4) is 0 Å². The van der Waals surface area contributed by atoms with E-state index in [0.717, 1.165) is 16.3 Å². The van der Waals surface area contributed by atoms with E-state index in [-0.39, 0.29) is 5.75 Å². The molecule has 0 aromatic heterocycles. The van der Waals surface area contributed by atoms with Gasteiger partial charge in [0.25, 0.3) is 0 Å². The van der Waals surface area contributed by atoms with Crippen molar-refractivity contribution in [3.63, 3.8) is 0 Å². The van der Waals surface area contributed by atoms with Crippen LogP contribution in [0.2, 0.25) is 0 Å². The van der Waals surface area contributed by atoms with Crippen LogP contribution in [0.4, 0.5) is 0 Å². The van der Waals surface area contributed by atoms with E-state index in [4.69, 9.17) is 0 Å². The van der Waals surface area contributed by atoms with E-state index in [1.165, 1.54) is 19.3 Å². The quantitative estimate of drug-likeness (QED) is 0.840. The van der Waals surface area contributed by atoms with Crippen LogP contribution in [-0.2, 0) is 0 Å². The van der Waals surface area contributed by atoms with E-state index >= 15 is 0 Å². The Hall–Kier alpha value is -2.03. The number of benzene rings is 2. The van der Waals surface area contributed by atoms with E-state index in [1.54, 1.807) is 6.07 Å². The number of piperidine rings is 1. The van der Waals surface area contributed by atoms with Gasteiger partial charge in [0.2, 0.25) is 0 Å². The molecule has 0 amide bonds. The molecule has 1 saturated heterocycles. The molecule has 3 heteroatoms. The molecule has 2 aromatic rings. The number of hydrogen-bond donors (Lipinski definition) is 1. The van der Waals surface area contributed by atoms with Gasteiger partial charge in [0.05, 0.1) is 6.21 Å². The van der Waals surface area contributed by atoms with E-state index in [1.807, 2.05) is 30.5 Å². The van der Waals surface area contributed by atoms with Crippen molar-refractivity contribution in [3.05, 3.63) is 42.0 Å². The Morgan fingerprint density at radius 1 is 1.10 bits per heavy atom. The maximum Gasteiger partial charge on any atom is 0.125 e. The summed E-state index contributed by atoms with van der Waals surface area (Å²) in [5.41, 5.74) is 0.804. The van der Waals surface area contributed by atoms with Gasteiger partial charge in [-0.05, 0) is 49.9 Å². The molecule has 21 heavy (non-hydrogen) atoms. The SMILES string of the molecule is CC1CCCC(C)N1N=Cc1c(O)ccc2ccccc12. The van der Waals surface area contributed by atoms with Gasteiger partial charge in [0.15, 0.2) is 0 Å². The highest BCUT2D eigenvalue weighted by Crippen LogP contribution is 2.27. The zero-order valence-electron chi connectivity index (χ0n) is 12.7. The number of phenols is 1. The van der Waals surface area contributed by atoms with Gasteiger partial charge in [0, 0.05) is 17.6 Å². The Balaban J connectivity index is 1.97. The molecule has 2 atom stereocenters. The van der Waals surface area contributed by atoms with Crippen molar-refractivity contribution in [2.24, 2.45) is 5.10 Å². The molecule has 1 aliphatic heterocycles. The lowest BCUT2D eigenvalue weighted by molar-refractivity contribution is 0.109. The molecule has 1 fully saturated rings. The number of hydrazone groups is 1. The maximum atomic E-state index is 10.2. The topological polar surface area (TPSA) is 35.8 Å². The summed E-state index contributed by atoms with van der Waals surface area (Å²) in [6.07, 6.45) is 5.45. The average molecular weight is 282 g/mol. The van der Waals surface area contributed by atoms with Crippen LogP contribution in [0, 0.1) is 0 Å². The first kappa shape index (κ1) is 13.9. The Bertz CT molecular complexity index is 655. The van der Waals surface area contributed by atoms with Gasteiger partial charge < -0.3 is 5.11 Å². The predicted octanol–water partition coefficient (Wildman–Crippen LogP) is 4.14. The van der Waals surface area contributed by atoms with Crippen molar-refractivity contribution >= 4 is 17.0 Å². The molecule has 1 heterocycles. The van der Waals surface area contributed by atoms with Gasteiger partial charge >= 0.3 is 0 Å².